The van der Waals surface area contributed by atoms with E-state index in [9.17, 15) is 14.4 Å². The number of aromatic amines is 2. The first-order chi connectivity index (χ1) is 13.0. The number of rotatable bonds is 2. The van der Waals surface area contributed by atoms with E-state index in [0.717, 1.165) is 17.8 Å². The van der Waals surface area contributed by atoms with Crippen molar-refractivity contribution in [2.75, 3.05) is 19.6 Å². The highest BCUT2D eigenvalue weighted by Gasteiger charge is 2.48. The van der Waals surface area contributed by atoms with Gasteiger partial charge in [0.25, 0.3) is 5.91 Å². The Balaban J connectivity index is 1.59. The minimum absolute atomic E-state index is 0.104. The van der Waals surface area contributed by atoms with Crippen LogP contribution in [0.15, 0.2) is 29.5 Å². The molecule has 4 rings (SSSR count). The predicted molar refractivity (Wildman–Crippen MR) is 98.2 cm³/mol. The fourth-order valence-corrected chi connectivity index (χ4v) is 4.34. The summed E-state index contributed by atoms with van der Waals surface area (Å²) in [6.45, 7) is 3.64. The first-order valence-electron chi connectivity index (χ1n) is 9.36. The highest BCUT2D eigenvalue weighted by molar-refractivity contribution is 5.94. The lowest BCUT2D eigenvalue weighted by molar-refractivity contribution is -0.141. The maximum Gasteiger partial charge on any atom is 0.255 e. The molecule has 2 aromatic rings. The molecule has 0 radical (unpaired) electrons. The third kappa shape index (κ3) is 2.85. The van der Waals surface area contributed by atoms with Crippen LogP contribution in [0.3, 0.4) is 0 Å². The van der Waals surface area contributed by atoms with Crippen molar-refractivity contribution in [3.05, 3.63) is 52.0 Å². The Labute approximate surface area is 156 Å². The van der Waals surface area contributed by atoms with Crippen molar-refractivity contribution in [3.8, 4) is 0 Å². The van der Waals surface area contributed by atoms with Crippen LogP contribution >= 0.6 is 0 Å². The molecule has 0 unspecified atom stereocenters. The van der Waals surface area contributed by atoms with Crippen LogP contribution in [0.5, 0.6) is 0 Å². The maximum absolute atomic E-state index is 12.8. The van der Waals surface area contributed by atoms with Gasteiger partial charge in [0.05, 0.1) is 23.1 Å². The van der Waals surface area contributed by atoms with Gasteiger partial charge in [-0.3, -0.25) is 14.4 Å². The maximum atomic E-state index is 12.8. The van der Waals surface area contributed by atoms with Gasteiger partial charge in [-0.2, -0.15) is 0 Å². The zero-order valence-electron chi connectivity index (χ0n) is 15.3. The topological polar surface area (TPSA) is 102 Å². The smallest absolute Gasteiger partial charge is 0.255 e. The monoisotopic (exact) mass is 369 g/mol. The van der Waals surface area contributed by atoms with Gasteiger partial charge in [0.2, 0.25) is 11.5 Å². The molecule has 1 saturated heterocycles. The van der Waals surface area contributed by atoms with Crippen molar-refractivity contribution in [1.82, 2.24) is 24.8 Å². The number of piperidine rings is 1. The molecule has 4 heterocycles. The molecule has 2 aliphatic heterocycles. The second-order valence-corrected chi connectivity index (χ2v) is 7.14. The molecule has 8 heteroatoms. The normalized spacial score (nSPS) is 18.4. The van der Waals surface area contributed by atoms with Crippen molar-refractivity contribution in [3.63, 3.8) is 0 Å². The molecule has 1 fully saturated rings. The average Bonchev–Trinajstić information content (AvgIpc) is 3.18. The van der Waals surface area contributed by atoms with Gasteiger partial charge in [0.15, 0.2) is 0 Å². The highest BCUT2D eigenvalue weighted by atomic mass is 16.2. The number of amides is 2. The van der Waals surface area contributed by atoms with Gasteiger partial charge in [0.1, 0.15) is 0 Å². The Kier molecular flexibility index (Phi) is 4.33. The van der Waals surface area contributed by atoms with E-state index in [1.54, 1.807) is 17.3 Å². The summed E-state index contributed by atoms with van der Waals surface area (Å²) < 4.78 is 0. The Hall–Kier alpha value is -2.90. The fraction of sp³-hybridized carbons (Fsp3) is 0.474. The molecule has 0 saturated carbocycles. The van der Waals surface area contributed by atoms with Crippen LogP contribution in [0.25, 0.3) is 0 Å². The van der Waals surface area contributed by atoms with Crippen LogP contribution < -0.4 is 5.56 Å². The molecule has 8 nitrogen and oxygen atoms in total. The van der Waals surface area contributed by atoms with Crippen LogP contribution in [-0.4, -0.2) is 56.2 Å². The first kappa shape index (κ1) is 17.5. The molecule has 2 aromatic heterocycles. The van der Waals surface area contributed by atoms with E-state index < -0.39 is 5.54 Å². The van der Waals surface area contributed by atoms with E-state index in [1.807, 2.05) is 11.8 Å². The predicted octanol–water partition coefficient (Wildman–Crippen LogP) is 1.02. The molecular weight excluding hydrogens is 346 g/mol. The number of aromatic nitrogens is 3. The zero-order valence-corrected chi connectivity index (χ0v) is 15.3. The van der Waals surface area contributed by atoms with E-state index in [1.165, 1.54) is 12.3 Å². The summed E-state index contributed by atoms with van der Waals surface area (Å²) in [6, 6.07) is 2.91. The molecule has 1 spiro atoms. The van der Waals surface area contributed by atoms with Crippen molar-refractivity contribution in [2.24, 2.45) is 0 Å². The number of carbonyl (C=O) groups excluding carboxylic acids is 2. The number of carbonyl (C=O) groups is 2. The average molecular weight is 369 g/mol. The summed E-state index contributed by atoms with van der Waals surface area (Å²) in [4.78, 5) is 50.6. The number of H-pyrrole nitrogens is 2. The number of nitrogens with one attached hydrogen (secondary N) is 2. The second-order valence-electron chi connectivity index (χ2n) is 7.14. The van der Waals surface area contributed by atoms with Crippen molar-refractivity contribution in [1.29, 1.82) is 0 Å². The van der Waals surface area contributed by atoms with Crippen LogP contribution in [0.2, 0.25) is 0 Å². The molecule has 142 valence electrons. The zero-order chi connectivity index (χ0) is 19.0. The molecule has 27 heavy (non-hydrogen) atoms. The number of nitrogens with zero attached hydrogens (tertiary/aromatic N) is 3. The summed E-state index contributed by atoms with van der Waals surface area (Å²) in [5.74, 6) is 0.0246. The third-order valence-corrected chi connectivity index (χ3v) is 5.77. The number of likely N-dealkylation sites (tertiary alicyclic amines) is 1. The fourth-order valence-electron chi connectivity index (χ4n) is 4.34. The Morgan fingerprint density at radius 2 is 1.96 bits per heavy atom. The van der Waals surface area contributed by atoms with Gasteiger partial charge < -0.3 is 19.8 Å². The Morgan fingerprint density at radius 1 is 1.19 bits per heavy atom. The molecule has 2 N–H and O–H groups in total. The minimum atomic E-state index is -0.442. The van der Waals surface area contributed by atoms with Crippen LogP contribution in [0, 0.1) is 0 Å². The Morgan fingerprint density at radius 3 is 2.63 bits per heavy atom. The van der Waals surface area contributed by atoms with Gasteiger partial charge in [-0.05, 0) is 18.9 Å². The van der Waals surface area contributed by atoms with Crippen molar-refractivity contribution in [2.45, 2.75) is 38.1 Å². The number of hydrogen-bond donors (Lipinski definition) is 2. The lowest BCUT2D eigenvalue weighted by Gasteiger charge is -2.50. The second kappa shape index (κ2) is 6.68. The van der Waals surface area contributed by atoms with Gasteiger partial charge in [-0.1, -0.05) is 6.92 Å². The standard InChI is InChI=1S/C19H23N5O3/c1-2-16(26)24-8-5-14-17(22-12-21-14)19(24)6-9-23(10-7-19)18(27)13-3-4-15(25)20-11-13/h3-4,11-12H,2,5-10H2,1H3,(H,20,25)(H,21,22). The van der Waals surface area contributed by atoms with Crippen LogP contribution in [-0.2, 0) is 16.8 Å². The summed E-state index contributed by atoms with van der Waals surface area (Å²) in [7, 11) is 0. The summed E-state index contributed by atoms with van der Waals surface area (Å²) >= 11 is 0. The molecule has 0 aromatic carbocycles. The molecule has 0 aliphatic carbocycles. The van der Waals surface area contributed by atoms with Crippen LogP contribution in [0.4, 0.5) is 0 Å². The van der Waals surface area contributed by atoms with E-state index >= 15 is 0 Å². The highest BCUT2D eigenvalue weighted by Crippen LogP contribution is 2.42. The largest absolute Gasteiger partial charge is 0.348 e. The lowest BCUT2D eigenvalue weighted by atomic mass is 9.78. The summed E-state index contributed by atoms with van der Waals surface area (Å²) in [6.07, 6.45) is 5.71. The van der Waals surface area contributed by atoms with E-state index in [0.29, 0.717) is 44.5 Å². The van der Waals surface area contributed by atoms with Gasteiger partial charge in [0, 0.05) is 50.4 Å². The van der Waals surface area contributed by atoms with Crippen molar-refractivity contribution < 1.29 is 9.59 Å². The third-order valence-electron chi connectivity index (χ3n) is 5.77. The summed E-state index contributed by atoms with van der Waals surface area (Å²) in [5, 5.41) is 0. The quantitative estimate of drug-likeness (QED) is 0.825. The first-order valence-corrected chi connectivity index (χ1v) is 9.36. The SMILES string of the molecule is CCC(=O)N1CCc2[nH]cnc2C12CCN(C(=O)c1ccc(=O)[nH]c1)CC2. The molecule has 2 amide bonds. The van der Waals surface area contributed by atoms with Gasteiger partial charge >= 0.3 is 0 Å². The Bertz CT molecular complexity index is 903. The number of imidazole rings is 1. The van der Waals surface area contributed by atoms with E-state index in [-0.39, 0.29) is 17.4 Å². The number of pyridine rings is 1. The molecular formula is C19H23N5O3. The van der Waals surface area contributed by atoms with Gasteiger partial charge in [-0.25, -0.2) is 4.98 Å². The molecule has 0 atom stereocenters. The van der Waals surface area contributed by atoms with E-state index in [4.69, 9.17) is 0 Å². The van der Waals surface area contributed by atoms with E-state index in [2.05, 4.69) is 15.0 Å². The molecule has 2 aliphatic rings. The van der Waals surface area contributed by atoms with Gasteiger partial charge in [-0.15, -0.1) is 0 Å². The lowest BCUT2D eigenvalue weighted by Crippen LogP contribution is -2.58. The number of hydrogen-bond acceptors (Lipinski definition) is 4. The summed E-state index contributed by atoms with van der Waals surface area (Å²) in [5.41, 5.74) is 1.84. The van der Waals surface area contributed by atoms with Crippen LogP contribution in [0.1, 0.15) is 47.9 Å². The van der Waals surface area contributed by atoms with Crippen molar-refractivity contribution >= 4 is 11.8 Å². The minimum Gasteiger partial charge on any atom is -0.348 e. The number of fused-ring (bicyclic) bond motifs is 2. The molecule has 0 bridgehead atoms.